The van der Waals surface area contributed by atoms with Crippen LogP contribution in [0.4, 0.5) is 5.95 Å². The molecule has 4 aromatic rings. The Morgan fingerprint density at radius 3 is 2.31 bits per heavy atom. The summed E-state index contributed by atoms with van der Waals surface area (Å²) in [6.07, 6.45) is 4.95. The first-order valence-electron chi connectivity index (χ1n) is 11.1. The van der Waals surface area contributed by atoms with Crippen molar-refractivity contribution in [2.75, 3.05) is 26.1 Å². The van der Waals surface area contributed by atoms with Crippen molar-refractivity contribution < 1.29 is 14.2 Å². The number of rotatable bonds is 10. The Kier molecular flexibility index (Phi) is 7.78. The van der Waals surface area contributed by atoms with Crippen LogP contribution in [0.5, 0.6) is 17.6 Å². The van der Waals surface area contributed by atoms with Crippen molar-refractivity contribution >= 4 is 17.9 Å². The summed E-state index contributed by atoms with van der Waals surface area (Å²) in [6.45, 7) is 6.12. The third kappa shape index (κ3) is 5.15. The van der Waals surface area contributed by atoms with Crippen LogP contribution in [0.25, 0.3) is 17.2 Å². The first-order chi connectivity index (χ1) is 17.5. The van der Waals surface area contributed by atoms with Crippen LogP contribution in [0.15, 0.2) is 36.9 Å². The van der Waals surface area contributed by atoms with E-state index in [0.29, 0.717) is 29.0 Å². The molecule has 0 aliphatic carbocycles. The molecule has 4 aromatic heterocycles. The molecular weight excluding hydrogens is 482 g/mol. The summed E-state index contributed by atoms with van der Waals surface area (Å²) in [4.78, 5) is 21.9. The number of ether oxygens (including phenoxy) is 3. The van der Waals surface area contributed by atoms with Crippen LogP contribution < -0.4 is 18.9 Å². The van der Waals surface area contributed by atoms with E-state index in [0.717, 1.165) is 11.4 Å². The number of aromatic nitrogens is 8. The molecule has 0 amide bonds. The summed E-state index contributed by atoms with van der Waals surface area (Å²) in [5.74, 6) is 1.98. The summed E-state index contributed by atoms with van der Waals surface area (Å²) in [7, 11) is 4.60. The van der Waals surface area contributed by atoms with Gasteiger partial charge in [-0.15, -0.1) is 10.2 Å². The average molecular weight is 510 g/mol. The standard InChI is InChI=1S/C23H27N9O3S/c1-13-10-25-17(11-24-13)14(2)15(3)36-31-23-30-29-20(16-8-7-9-18(28-16)33-4)32(23)19-21(34-5)26-12-27-22(19)35-6/h7-12,14-15H,1-6H3,(H,30,31). The van der Waals surface area contributed by atoms with E-state index >= 15 is 0 Å². The van der Waals surface area contributed by atoms with Crippen LogP contribution in [-0.4, -0.2) is 66.3 Å². The molecule has 0 radical (unpaired) electrons. The number of nitrogens with one attached hydrogen (secondary N) is 1. The minimum Gasteiger partial charge on any atom is -0.481 e. The highest BCUT2D eigenvalue weighted by Crippen LogP contribution is 2.36. The van der Waals surface area contributed by atoms with Crippen LogP contribution in [0.2, 0.25) is 0 Å². The predicted molar refractivity (Wildman–Crippen MR) is 136 cm³/mol. The zero-order valence-electron chi connectivity index (χ0n) is 20.8. The van der Waals surface area contributed by atoms with E-state index in [1.165, 1.54) is 32.5 Å². The quantitative estimate of drug-likeness (QED) is 0.313. The minimum absolute atomic E-state index is 0.112. The van der Waals surface area contributed by atoms with E-state index in [1.54, 1.807) is 23.9 Å². The molecule has 0 aromatic carbocycles. The van der Waals surface area contributed by atoms with Gasteiger partial charge in [0.25, 0.3) is 0 Å². The summed E-state index contributed by atoms with van der Waals surface area (Å²) in [5, 5.41) is 8.92. The Morgan fingerprint density at radius 1 is 0.917 bits per heavy atom. The maximum absolute atomic E-state index is 5.53. The fourth-order valence-corrected chi connectivity index (χ4v) is 4.11. The molecule has 4 rings (SSSR count). The highest BCUT2D eigenvalue weighted by molar-refractivity contribution is 8.01. The highest BCUT2D eigenvalue weighted by Gasteiger charge is 2.26. The second-order valence-electron chi connectivity index (χ2n) is 7.78. The van der Waals surface area contributed by atoms with E-state index in [-0.39, 0.29) is 22.9 Å². The van der Waals surface area contributed by atoms with Crippen LogP contribution in [0.3, 0.4) is 0 Å². The number of nitrogens with zero attached hydrogens (tertiary/aromatic N) is 8. The molecular formula is C23H27N9O3S. The van der Waals surface area contributed by atoms with Crippen LogP contribution in [0, 0.1) is 6.92 Å². The van der Waals surface area contributed by atoms with Crippen molar-refractivity contribution in [3.05, 3.63) is 48.3 Å². The number of methoxy groups -OCH3 is 3. The first kappa shape index (κ1) is 25.1. The van der Waals surface area contributed by atoms with Gasteiger partial charge >= 0.3 is 0 Å². The van der Waals surface area contributed by atoms with Gasteiger partial charge in [0.2, 0.25) is 23.6 Å². The molecule has 36 heavy (non-hydrogen) atoms. The largest absolute Gasteiger partial charge is 0.481 e. The second-order valence-corrected chi connectivity index (χ2v) is 8.97. The molecule has 188 valence electrons. The average Bonchev–Trinajstić information content (AvgIpc) is 3.34. The molecule has 0 bridgehead atoms. The van der Waals surface area contributed by atoms with Crippen LogP contribution >= 0.6 is 11.9 Å². The maximum atomic E-state index is 5.53. The summed E-state index contributed by atoms with van der Waals surface area (Å²) >= 11 is 1.48. The Labute approximate surface area is 213 Å². The van der Waals surface area contributed by atoms with Gasteiger partial charge in [-0.2, -0.15) is 9.97 Å². The predicted octanol–water partition coefficient (Wildman–Crippen LogP) is 3.50. The van der Waals surface area contributed by atoms with E-state index in [9.17, 15) is 0 Å². The van der Waals surface area contributed by atoms with Gasteiger partial charge in [-0.25, -0.2) is 9.55 Å². The number of hydrogen-bond donors (Lipinski definition) is 1. The molecule has 2 atom stereocenters. The van der Waals surface area contributed by atoms with E-state index < -0.39 is 0 Å². The molecule has 13 heteroatoms. The van der Waals surface area contributed by atoms with Gasteiger partial charge in [0, 0.05) is 29.6 Å². The lowest BCUT2D eigenvalue weighted by Crippen LogP contribution is -2.14. The maximum Gasteiger partial charge on any atom is 0.245 e. The normalized spacial score (nSPS) is 12.6. The topological polar surface area (TPSA) is 135 Å². The molecule has 0 aliphatic heterocycles. The van der Waals surface area contributed by atoms with Gasteiger partial charge in [-0.1, -0.05) is 19.9 Å². The van der Waals surface area contributed by atoms with Crippen molar-refractivity contribution in [1.29, 1.82) is 0 Å². The van der Waals surface area contributed by atoms with Crippen molar-refractivity contribution in [3.63, 3.8) is 0 Å². The lowest BCUT2D eigenvalue weighted by Gasteiger charge is -2.20. The third-order valence-electron chi connectivity index (χ3n) is 5.50. The van der Waals surface area contributed by atoms with Gasteiger partial charge in [0.15, 0.2) is 11.5 Å². The summed E-state index contributed by atoms with van der Waals surface area (Å²) in [6, 6.07) is 5.39. The molecule has 0 saturated heterocycles. The molecule has 0 spiro atoms. The van der Waals surface area contributed by atoms with Crippen molar-refractivity contribution in [3.8, 4) is 34.8 Å². The van der Waals surface area contributed by atoms with Gasteiger partial charge < -0.3 is 14.2 Å². The number of pyridine rings is 1. The Hall–Kier alpha value is -4.00. The Bertz CT molecular complexity index is 1290. The summed E-state index contributed by atoms with van der Waals surface area (Å²) in [5.41, 5.74) is 2.75. The summed E-state index contributed by atoms with van der Waals surface area (Å²) < 4.78 is 21.4. The molecule has 2 unspecified atom stereocenters. The van der Waals surface area contributed by atoms with Gasteiger partial charge in [-0.05, 0) is 24.9 Å². The Balaban J connectivity index is 1.73. The molecule has 12 nitrogen and oxygen atoms in total. The lowest BCUT2D eigenvalue weighted by atomic mass is 10.1. The van der Waals surface area contributed by atoms with Crippen LogP contribution in [-0.2, 0) is 0 Å². The van der Waals surface area contributed by atoms with Crippen molar-refractivity contribution in [2.45, 2.75) is 31.9 Å². The minimum atomic E-state index is 0.112. The molecule has 1 N–H and O–H groups in total. The molecule has 0 saturated carbocycles. The molecule has 0 fully saturated rings. The first-order valence-corrected chi connectivity index (χ1v) is 11.9. The second kappa shape index (κ2) is 11.2. The van der Waals surface area contributed by atoms with E-state index in [1.807, 2.05) is 25.3 Å². The number of aryl methyl sites for hydroxylation is 1. The SMILES string of the molecule is COc1cccc(-c2nnc(NSC(C)C(C)c3cnc(C)cn3)n2-c2c(OC)ncnc2OC)n1. The Morgan fingerprint density at radius 2 is 1.67 bits per heavy atom. The zero-order chi connectivity index (χ0) is 25.7. The fourth-order valence-electron chi connectivity index (χ4n) is 3.34. The van der Waals surface area contributed by atoms with Crippen molar-refractivity contribution in [2.24, 2.45) is 0 Å². The zero-order valence-corrected chi connectivity index (χ0v) is 21.6. The molecule has 0 aliphatic rings. The lowest BCUT2D eigenvalue weighted by molar-refractivity contribution is 0.368. The molecule has 4 heterocycles. The van der Waals surface area contributed by atoms with E-state index in [4.69, 9.17) is 14.2 Å². The van der Waals surface area contributed by atoms with Crippen molar-refractivity contribution in [1.82, 2.24) is 39.7 Å². The smallest absolute Gasteiger partial charge is 0.245 e. The number of hydrogen-bond acceptors (Lipinski definition) is 12. The van der Waals surface area contributed by atoms with Gasteiger partial charge in [0.05, 0.1) is 32.7 Å². The van der Waals surface area contributed by atoms with Crippen LogP contribution in [0.1, 0.15) is 31.2 Å². The monoisotopic (exact) mass is 509 g/mol. The third-order valence-corrected chi connectivity index (χ3v) is 6.58. The number of anilines is 1. The van der Waals surface area contributed by atoms with E-state index in [2.05, 4.69) is 53.7 Å². The van der Waals surface area contributed by atoms with Gasteiger partial charge in [-0.3, -0.25) is 14.7 Å². The highest BCUT2D eigenvalue weighted by atomic mass is 32.2. The fraction of sp³-hybridized carbons (Fsp3) is 0.348. The van der Waals surface area contributed by atoms with Gasteiger partial charge in [0.1, 0.15) is 12.0 Å².